The van der Waals surface area contributed by atoms with E-state index in [1.807, 2.05) is 6.07 Å². The number of benzene rings is 1. The van der Waals surface area contributed by atoms with Crippen molar-refractivity contribution in [1.29, 1.82) is 0 Å². The molecule has 2 aliphatic carbocycles. The van der Waals surface area contributed by atoms with E-state index in [9.17, 15) is 18.0 Å². The largest absolute Gasteiger partial charge is 0.410 e. The summed E-state index contributed by atoms with van der Waals surface area (Å²) in [5, 5.41) is 10.1. The molecule has 1 aromatic heterocycles. The lowest BCUT2D eigenvalue weighted by molar-refractivity contribution is -0.173. The first kappa shape index (κ1) is 22.3. The van der Waals surface area contributed by atoms with Gasteiger partial charge in [-0.15, -0.1) is 0 Å². The van der Waals surface area contributed by atoms with Crippen LogP contribution < -0.4 is 10.6 Å². The molecule has 2 heterocycles. The Hall–Kier alpha value is -2.51. The van der Waals surface area contributed by atoms with Gasteiger partial charge in [-0.25, -0.2) is 4.68 Å². The van der Waals surface area contributed by atoms with Crippen LogP contribution in [0.3, 0.4) is 0 Å². The Morgan fingerprint density at radius 1 is 1.09 bits per heavy atom. The van der Waals surface area contributed by atoms with Gasteiger partial charge in [-0.05, 0) is 61.3 Å². The summed E-state index contributed by atoms with van der Waals surface area (Å²) >= 11 is 0. The predicted octanol–water partition coefficient (Wildman–Crippen LogP) is 5.74. The summed E-state index contributed by atoms with van der Waals surface area (Å²) in [5.41, 5.74) is 0.933. The van der Waals surface area contributed by atoms with Gasteiger partial charge in [0.25, 0.3) is 5.91 Å². The molecule has 2 N–H and O–H groups in total. The lowest BCUT2D eigenvalue weighted by Crippen LogP contribution is -2.38. The Kier molecular flexibility index (Phi) is 5.87. The van der Waals surface area contributed by atoms with Crippen molar-refractivity contribution in [3.8, 4) is 0 Å². The Morgan fingerprint density at radius 2 is 1.79 bits per heavy atom. The highest BCUT2D eigenvalue weighted by Crippen LogP contribution is 2.45. The third kappa shape index (κ3) is 4.62. The molecule has 0 spiro atoms. The number of aromatic nitrogens is 2. The predicted molar refractivity (Wildman–Crippen MR) is 120 cm³/mol. The molecule has 8 heteroatoms. The summed E-state index contributed by atoms with van der Waals surface area (Å²) in [6.07, 6.45) is 2.71. The Balaban J connectivity index is 1.32. The zero-order valence-electron chi connectivity index (χ0n) is 18.8. The van der Waals surface area contributed by atoms with Crippen LogP contribution in [-0.2, 0) is 0 Å². The van der Waals surface area contributed by atoms with E-state index in [0.717, 1.165) is 40.8 Å². The van der Waals surface area contributed by atoms with E-state index in [2.05, 4.69) is 22.7 Å². The van der Waals surface area contributed by atoms with Gasteiger partial charge in [0.15, 0.2) is 6.04 Å². The number of alkyl halides is 3. The summed E-state index contributed by atoms with van der Waals surface area (Å²) in [7, 11) is 0. The maximum absolute atomic E-state index is 13.9. The second-order valence-corrected chi connectivity index (χ2v) is 10.3. The minimum Gasteiger partial charge on any atom is -0.363 e. The topological polar surface area (TPSA) is 59.0 Å². The van der Waals surface area contributed by atoms with Crippen molar-refractivity contribution in [2.24, 2.45) is 23.7 Å². The molecule has 3 aliphatic rings. The molecule has 5 rings (SSSR count). The average molecular weight is 461 g/mol. The lowest BCUT2D eigenvalue weighted by atomic mass is 9.65. The first-order valence-electron chi connectivity index (χ1n) is 12.0. The number of nitrogens with one attached hydrogen (secondary N) is 2. The van der Waals surface area contributed by atoms with Gasteiger partial charge in [-0.1, -0.05) is 37.3 Å². The Morgan fingerprint density at radius 3 is 2.45 bits per heavy atom. The summed E-state index contributed by atoms with van der Waals surface area (Å²) in [6, 6.07) is 6.72. The van der Waals surface area contributed by atoms with Crippen molar-refractivity contribution in [3.05, 3.63) is 47.7 Å². The van der Waals surface area contributed by atoms with Gasteiger partial charge >= 0.3 is 6.18 Å². The summed E-state index contributed by atoms with van der Waals surface area (Å²) in [5.74, 6) is 2.48. The van der Waals surface area contributed by atoms with Crippen molar-refractivity contribution in [3.63, 3.8) is 0 Å². The van der Waals surface area contributed by atoms with Crippen molar-refractivity contribution >= 4 is 11.7 Å². The number of hydrogen-bond acceptors (Lipinski definition) is 3. The number of anilines is 1. The molecule has 1 amide bonds. The van der Waals surface area contributed by atoms with E-state index in [1.54, 1.807) is 24.3 Å². The molecular formula is C25H31F3N4O. The van der Waals surface area contributed by atoms with E-state index in [1.165, 1.54) is 25.5 Å². The molecule has 2 aromatic rings. The van der Waals surface area contributed by atoms with Crippen LogP contribution in [0.15, 0.2) is 36.5 Å². The Labute approximate surface area is 192 Å². The van der Waals surface area contributed by atoms with Gasteiger partial charge in [0.1, 0.15) is 11.4 Å². The van der Waals surface area contributed by atoms with Gasteiger partial charge in [0, 0.05) is 13.0 Å². The fourth-order valence-corrected chi connectivity index (χ4v) is 6.45. The van der Waals surface area contributed by atoms with E-state index in [-0.39, 0.29) is 23.7 Å². The molecule has 2 bridgehead atoms. The molecule has 33 heavy (non-hydrogen) atoms. The van der Waals surface area contributed by atoms with Crippen molar-refractivity contribution < 1.29 is 18.0 Å². The van der Waals surface area contributed by atoms with E-state index < -0.39 is 18.3 Å². The lowest BCUT2D eigenvalue weighted by Gasteiger charge is -2.41. The van der Waals surface area contributed by atoms with Gasteiger partial charge in [0.2, 0.25) is 0 Å². The summed E-state index contributed by atoms with van der Waals surface area (Å²) in [4.78, 5) is 13.0. The number of carbonyl (C=O) groups is 1. The van der Waals surface area contributed by atoms with E-state index >= 15 is 0 Å². The molecule has 2 saturated carbocycles. The smallest absolute Gasteiger partial charge is 0.363 e. The number of halogens is 3. The van der Waals surface area contributed by atoms with Gasteiger partial charge in [0.05, 0.1) is 12.2 Å². The van der Waals surface area contributed by atoms with Crippen LogP contribution in [0.4, 0.5) is 19.0 Å². The SMILES string of the molecule is CC1C[C@H]2CC(CNC(=O)c3cnn4c3N[C@H](c3ccccc3)C[C@@H]4C(F)(F)F)C[C@H](C1)C2. The van der Waals surface area contributed by atoms with Crippen molar-refractivity contribution in [1.82, 2.24) is 15.1 Å². The molecule has 178 valence electrons. The molecule has 4 atom stereocenters. The standard InChI is InChI=1S/C25H31F3N4O/c1-15-7-16-9-17(8-15)11-18(10-16)13-29-24(33)20-14-30-32-22(25(26,27)28)12-21(31-23(20)32)19-5-3-2-4-6-19/h2-6,14-18,21-22,31H,7-13H2,1H3,(H,29,33)/t15?,16-,17-,18?,21+,22-/m1/s1. The quantitative estimate of drug-likeness (QED) is 0.612. The summed E-state index contributed by atoms with van der Waals surface area (Å²) < 4.78 is 42.5. The molecular weight excluding hydrogens is 429 g/mol. The van der Waals surface area contributed by atoms with Gasteiger partial charge in [-0.3, -0.25) is 4.79 Å². The first-order chi connectivity index (χ1) is 15.8. The molecule has 2 fully saturated rings. The van der Waals surface area contributed by atoms with Gasteiger partial charge in [-0.2, -0.15) is 18.3 Å². The summed E-state index contributed by atoms with van der Waals surface area (Å²) in [6.45, 7) is 2.89. The number of nitrogens with zero attached hydrogens (tertiary/aromatic N) is 2. The number of rotatable bonds is 4. The number of carbonyl (C=O) groups excluding carboxylic acids is 1. The van der Waals surface area contributed by atoms with Crippen LogP contribution in [0.5, 0.6) is 0 Å². The van der Waals surface area contributed by atoms with Crippen molar-refractivity contribution in [2.75, 3.05) is 11.9 Å². The first-order valence-corrected chi connectivity index (χ1v) is 12.0. The van der Waals surface area contributed by atoms with E-state index in [4.69, 9.17) is 0 Å². The normalized spacial score (nSPS) is 31.4. The third-order valence-corrected chi connectivity index (χ3v) is 7.71. The van der Waals surface area contributed by atoms with Crippen LogP contribution in [0.25, 0.3) is 0 Å². The monoisotopic (exact) mass is 460 g/mol. The maximum atomic E-state index is 13.9. The molecule has 0 saturated heterocycles. The minimum atomic E-state index is -4.46. The molecule has 0 unspecified atom stereocenters. The van der Waals surface area contributed by atoms with Crippen LogP contribution >= 0.6 is 0 Å². The molecule has 5 nitrogen and oxygen atoms in total. The van der Waals surface area contributed by atoms with Crippen LogP contribution in [0.2, 0.25) is 0 Å². The number of hydrogen-bond donors (Lipinski definition) is 2. The van der Waals surface area contributed by atoms with Gasteiger partial charge < -0.3 is 10.6 Å². The Bertz CT molecular complexity index is 971. The molecule has 1 aromatic carbocycles. The number of fused-ring (bicyclic) bond motifs is 3. The second-order valence-electron chi connectivity index (χ2n) is 10.3. The molecule has 0 radical (unpaired) electrons. The highest BCUT2D eigenvalue weighted by molar-refractivity contribution is 5.98. The van der Waals surface area contributed by atoms with Crippen LogP contribution in [0.1, 0.15) is 73.5 Å². The average Bonchev–Trinajstić information content (AvgIpc) is 3.20. The zero-order chi connectivity index (χ0) is 23.2. The highest BCUT2D eigenvalue weighted by Gasteiger charge is 2.47. The molecule has 1 aliphatic heterocycles. The maximum Gasteiger partial charge on any atom is 0.410 e. The van der Waals surface area contributed by atoms with Crippen molar-refractivity contribution in [2.45, 2.75) is 63.7 Å². The fourth-order valence-electron chi connectivity index (χ4n) is 6.45. The van der Waals surface area contributed by atoms with Crippen LogP contribution in [-0.4, -0.2) is 28.4 Å². The third-order valence-electron chi connectivity index (χ3n) is 7.71. The minimum absolute atomic E-state index is 0.143. The number of amides is 1. The van der Waals surface area contributed by atoms with E-state index in [0.29, 0.717) is 12.5 Å². The highest BCUT2D eigenvalue weighted by atomic mass is 19.4. The van der Waals surface area contributed by atoms with Crippen LogP contribution in [0, 0.1) is 23.7 Å². The fraction of sp³-hybridized carbons (Fsp3) is 0.600. The second kappa shape index (κ2) is 8.69. The zero-order valence-corrected chi connectivity index (χ0v) is 18.8.